The van der Waals surface area contributed by atoms with E-state index in [-0.39, 0.29) is 5.79 Å². The third kappa shape index (κ3) is 3.64. The van der Waals surface area contributed by atoms with Crippen LogP contribution < -0.4 is 20.9 Å². The predicted molar refractivity (Wildman–Crippen MR) is 57.1 cm³/mol. The van der Waals surface area contributed by atoms with Gasteiger partial charge in [-0.1, -0.05) is 0 Å². The van der Waals surface area contributed by atoms with Crippen LogP contribution in [0, 0.1) is 0 Å². The first-order valence-corrected chi connectivity index (χ1v) is 5.46. The van der Waals surface area contributed by atoms with E-state index in [1.807, 2.05) is 21.1 Å². The molecule has 0 spiro atoms. The monoisotopic (exact) mass is 190 g/mol. The van der Waals surface area contributed by atoms with Gasteiger partial charge >= 0.3 is 0 Å². The molecule has 0 saturated carbocycles. The lowest BCUT2D eigenvalue weighted by molar-refractivity contribution is 0.223. The van der Waals surface area contributed by atoms with Crippen LogP contribution in [0.1, 0.15) is 12.8 Å². The van der Waals surface area contributed by atoms with Crippen LogP contribution in [0.5, 0.6) is 0 Å². The lowest BCUT2D eigenvalue weighted by Gasteiger charge is -2.33. The molecule has 0 saturated heterocycles. The van der Waals surface area contributed by atoms with Gasteiger partial charge in [-0.15, -0.1) is 0 Å². The van der Waals surface area contributed by atoms with E-state index in [2.05, 4.69) is 20.9 Å². The second-order valence-corrected chi connectivity index (χ2v) is 3.57. The van der Waals surface area contributed by atoms with Crippen LogP contribution in [0.4, 0.5) is 0 Å². The molecule has 0 fully saturated rings. The number of rotatable bonds is 7. The Kier molecular flexibility index (Phi) is 6.59. The zero-order valence-electron chi connectivity index (χ0n) is 8.62. The Labute approximate surface area is 78.4 Å². The molecule has 0 amide bonds. The third-order valence-electron chi connectivity index (χ3n) is 2.26. The van der Waals surface area contributed by atoms with Crippen LogP contribution >= 0.6 is 0 Å². The highest BCUT2D eigenvalue weighted by Gasteiger charge is 2.21. The molecule has 0 rings (SSSR count). The first-order chi connectivity index (χ1) is 5.74. The normalized spacial score (nSPS) is 12.2. The molecule has 12 heavy (non-hydrogen) atoms. The summed E-state index contributed by atoms with van der Waals surface area (Å²) in [6.07, 6.45) is 2.25. The van der Waals surface area contributed by atoms with Crippen molar-refractivity contribution in [1.82, 2.24) is 20.9 Å². The summed E-state index contributed by atoms with van der Waals surface area (Å²) in [5, 5.41) is 9.71. The Morgan fingerprint density at radius 1 is 1.08 bits per heavy atom. The average molecular weight is 190 g/mol. The highest BCUT2D eigenvalue weighted by atomic mass is 28.2. The van der Waals surface area contributed by atoms with Crippen LogP contribution in [0.3, 0.4) is 0 Å². The van der Waals surface area contributed by atoms with Gasteiger partial charge in [-0.05, 0) is 40.5 Å². The molecule has 4 N–H and O–H groups in total. The molecule has 0 unspecified atom stereocenters. The van der Waals surface area contributed by atoms with Crippen LogP contribution in [0.15, 0.2) is 0 Å². The fourth-order valence-electron chi connectivity index (χ4n) is 1.28. The molecular formula is C7H22N4Si. The molecule has 0 bridgehead atoms. The van der Waals surface area contributed by atoms with Crippen LogP contribution in [0.2, 0.25) is 0 Å². The third-order valence-corrected chi connectivity index (χ3v) is 2.76. The van der Waals surface area contributed by atoms with E-state index in [1.165, 1.54) is 6.42 Å². The Morgan fingerprint density at radius 3 is 1.92 bits per heavy atom. The highest BCUT2D eigenvalue weighted by Crippen LogP contribution is 2.02. The smallest absolute Gasteiger partial charge is 0.122 e. The van der Waals surface area contributed by atoms with Crippen LogP contribution in [0.25, 0.3) is 0 Å². The van der Waals surface area contributed by atoms with Crippen molar-refractivity contribution in [1.29, 1.82) is 0 Å². The Balaban J connectivity index is 3.76. The maximum absolute atomic E-state index is 3.27. The van der Waals surface area contributed by atoms with Crippen molar-refractivity contribution in [2.45, 2.75) is 18.6 Å². The minimum atomic E-state index is -0.0988. The summed E-state index contributed by atoms with van der Waals surface area (Å²) in [7, 11) is 6.96. The van der Waals surface area contributed by atoms with Crippen molar-refractivity contribution < 1.29 is 0 Å². The molecule has 0 aliphatic heterocycles. The minimum Gasteiger partial charge on any atom is -0.345 e. The average Bonchev–Trinajstić information content (AvgIpc) is 2.14. The highest BCUT2D eigenvalue weighted by molar-refractivity contribution is 6.04. The van der Waals surface area contributed by atoms with Gasteiger partial charge in [-0.3, -0.25) is 16.0 Å². The van der Waals surface area contributed by atoms with Gasteiger partial charge in [-0.25, -0.2) is 0 Å². The first-order valence-electron chi connectivity index (χ1n) is 4.46. The van der Waals surface area contributed by atoms with Crippen molar-refractivity contribution in [2.24, 2.45) is 0 Å². The van der Waals surface area contributed by atoms with Crippen LogP contribution in [-0.4, -0.2) is 43.9 Å². The summed E-state index contributed by atoms with van der Waals surface area (Å²) in [4.78, 5) is 3.27. The lowest BCUT2D eigenvalue weighted by atomic mass is 10.2. The SMILES string of the molecule is CNC(CCCN[SiH3])(NC)NC. The number of hydrogen-bond donors (Lipinski definition) is 4. The van der Waals surface area contributed by atoms with E-state index < -0.39 is 0 Å². The summed E-state index contributed by atoms with van der Waals surface area (Å²) >= 11 is 0. The summed E-state index contributed by atoms with van der Waals surface area (Å²) in [6.45, 7) is 1.11. The van der Waals surface area contributed by atoms with Gasteiger partial charge in [0, 0.05) is 0 Å². The van der Waals surface area contributed by atoms with Gasteiger partial charge in [0.25, 0.3) is 0 Å². The number of hydrogen-bond acceptors (Lipinski definition) is 4. The molecular weight excluding hydrogens is 168 g/mol. The molecule has 0 heterocycles. The summed E-state index contributed by atoms with van der Waals surface area (Å²) in [6, 6.07) is 0. The quantitative estimate of drug-likeness (QED) is 0.212. The standard InChI is InChI=1S/C7H22N4Si/c1-8-7(9-2,10-3)5-4-6-11-12/h8-11H,4-6H2,1-3,12H3. The topological polar surface area (TPSA) is 48.1 Å². The first kappa shape index (κ1) is 12.1. The molecule has 74 valence electrons. The Bertz CT molecular complexity index is 97.3. The second-order valence-electron chi connectivity index (χ2n) is 2.86. The van der Waals surface area contributed by atoms with Gasteiger partial charge in [0.05, 0.1) is 10.4 Å². The zero-order chi connectivity index (χ0) is 9.45. The summed E-state index contributed by atoms with van der Waals surface area (Å²) in [5.74, 6) is -0.0988. The summed E-state index contributed by atoms with van der Waals surface area (Å²) < 4.78 is 0. The van der Waals surface area contributed by atoms with E-state index in [0.29, 0.717) is 0 Å². The van der Waals surface area contributed by atoms with Crippen molar-refractivity contribution in [2.75, 3.05) is 27.7 Å². The number of nitrogens with one attached hydrogen (secondary N) is 4. The van der Waals surface area contributed by atoms with E-state index in [1.54, 1.807) is 0 Å². The second kappa shape index (κ2) is 6.56. The largest absolute Gasteiger partial charge is 0.345 e. The van der Waals surface area contributed by atoms with E-state index in [0.717, 1.165) is 23.4 Å². The molecule has 5 heteroatoms. The Morgan fingerprint density at radius 2 is 1.58 bits per heavy atom. The van der Waals surface area contributed by atoms with E-state index in [9.17, 15) is 0 Å². The molecule has 0 aromatic rings. The van der Waals surface area contributed by atoms with Gasteiger partial charge in [0.2, 0.25) is 0 Å². The molecule has 0 atom stereocenters. The molecule has 0 aliphatic rings. The Hall–Kier alpha value is 0.0569. The zero-order valence-corrected chi connectivity index (χ0v) is 10.6. The lowest BCUT2D eigenvalue weighted by Crippen LogP contribution is -2.63. The van der Waals surface area contributed by atoms with Gasteiger partial charge < -0.3 is 4.98 Å². The fraction of sp³-hybridized carbons (Fsp3) is 1.00. The molecule has 0 aromatic carbocycles. The predicted octanol–water partition coefficient (Wildman–Crippen LogP) is -2.05. The van der Waals surface area contributed by atoms with Crippen molar-refractivity contribution in [3.05, 3.63) is 0 Å². The van der Waals surface area contributed by atoms with Crippen molar-refractivity contribution in [3.63, 3.8) is 0 Å². The molecule has 0 aromatic heterocycles. The fourth-order valence-corrected chi connectivity index (χ4v) is 1.63. The maximum Gasteiger partial charge on any atom is 0.122 e. The summed E-state index contributed by atoms with van der Waals surface area (Å²) in [5.41, 5.74) is 0. The minimum absolute atomic E-state index is 0.0988. The van der Waals surface area contributed by atoms with Crippen molar-refractivity contribution in [3.8, 4) is 0 Å². The molecule has 4 nitrogen and oxygen atoms in total. The van der Waals surface area contributed by atoms with Gasteiger partial charge in [-0.2, -0.15) is 0 Å². The van der Waals surface area contributed by atoms with Gasteiger partial charge in [0.1, 0.15) is 5.79 Å². The molecule has 0 aliphatic carbocycles. The van der Waals surface area contributed by atoms with E-state index in [4.69, 9.17) is 0 Å². The molecule has 0 radical (unpaired) electrons. The maximum atomic E-state index is 3.27. The van der Waals surface area contributed by atoms with Crippen molar-refractivity contribution >= 4 is 10.4 Å². The van der Waals surface area contributed by atoms with Gasteiger partial charge in [0.15, 0.2) is 0 Å². The van der Waals surface area contributed by atoms with E-state index >= 15 is 0 Å². The van der Waals surface area contributed by atoms with Crippen LogP contribution in [-0.2, 0) is 0 Å².